The van der Waals surface area contributed by atoms with Crippen molar-refractivity contribution in [3.63, 3.8) is 0 Å². The van der Waals surface area contributed by atoms with Gasteiger partial charge in [-0.25, -0.2) is 0 Å². The molecule has 1 aromatic carbocycles. The molecule has 24 heavy (non-hydrogen) atoms. The Morgan fingerprint density at radius 1 is 1.17 bits per heavy atom. The van der Waals surface area contributed by atoms with E-state index >= 15 is 0 Å². The van der Waals surface area contributed by atoms with Crippen LogP contribution in [0.4, 0.5) is 16.5 Å². The normalized spacial score (nSPS) is 10.4. The van der Waals surface area contributed by atoms with Crippen LogP contribution in [0.5, 0.6) is 0 Å². The van der Waals surface area contributed by atoms with Crippen LogP contribution in [0, 0.1) is 0 Å². The zero-order valence-electron chi connectivity index (χ0n) is 12.9. The number of anilines is 3. The maximum absolute atomic E-state index is 11.1. The molecule has 0 aliphatic rings. The van der Waals surface area contributed by atoms with Gasteiger partial charge in [0.05, 0.1) is 5.69 Å². The number of hydrogen-bond donors (Lipinski definition) is 2. The minimum absolute atomic E-state index is 0.101. The number of rotatable bonds is 6. The van der Waals surface area contributed by atoms with Crippen molar-refractivity contribution in [3.05, 3.63) is 54.4 Å². The van der Waals surface area contributed by atoms with Gasteiger partial charge in [-0.15, -0.1) is 10.2 Å². The Morgan fingerprint density at radius 2 is 2.04 bits per heavy atom. The van der Waals surface area contributed by atoms with Gasteiger partial charge in [-0.3, -0.25) is 9.78 Å². The molecule has 1 amide bonds. The minimum Gasteiger partial charge on any atom is -0.330 e. The molecule has 0 aliphatic carbocycles. The average molecular weight is 357 g/mol. The highest BCUT2D eigenvalue weighted by Gasteiger charge is 2.06. The van der Waals surface area contributed by atoms with Crippen LogP contribution in [-0.2, 0) is 10.5 Å². The monoisotopic (exact) mass is 357 g/mol. The molecule has 0 saturated carbocycles. The lowest BCUT2D eigenvalue weighted by molar-refractivity contribution is -0.114. The fraction of sp³-hybridized carbons (Fsp3) is 0.125. The van der Waals surface area contributed by atoms with E-state index in [9.17, 15) is 4.79 Å². The highest BCUT2D eigenvalue weighted by molar-refractivity contribution is 8.00. The van der Waals surface area contributed by atoms with Gasteiger partial charge in [0.2, 0.25) is 11.0 Å². The summed E-state index contributed by atoms with van der Waals surface area (Å²) in [7, 11) is 0. The SMILES string of the molecule is CC(=O)Nc1cccc(Nc2nnc(SCc3ccccn3)s2)c1. The summed E-state index contributed by atoms with van der Waals surface area (Å²) in [6.07, 6.45) is 1.78. The fourth-order valence-corrected chi connectivity index (χ4v) is 3.63. The smallest absolute Gasteiger partial charge is 0.221 e. The molecule has 3 aromatic rings. The lowest BCUT2D eigenvalue weighted by Crippen LogP contribution is -2.05. The maximum atomic E-state index is 11.1. The topological polar surface area (TPSA) is 79.8 Å². The van der Waals surface area contributed by atoms with Crippen molar-refractivity contribution in [2.24, 2.45) is 0 Å². The summed E-state index contributed by atoms with van der Waals surface area (Å²) in [5, 5.41) is 15.0. The third-order valence-electron chi connectivity index (χ3n) is 2.91. The summed E-state index contributed by atoms with van der Waals surface area (Å²) in [5.74, 6) is 0.657. The van der Waals surface area contributed by atoms with Crippen LogP contribution in [0.2, 0.25) is 0 Å². The quantitative estimate of drug-likeness (QED) is 0.651. The van der Waals surface area contributed by atoms with E-state index in [-0.39, 0.29) is 5.91 Å². The number of benzene rings is 1. The Hall–Kier alpha value is -2.45. The van der Waals surface area contributed by atoms with Crippen molar-refractivity contribution < 1.29 is 4.79 Å². The molecule has 122 valence electrons. The van der Waals surface area contributed by atoms with Gasteiger partial charge in [0.15, 0.2) is 4.34 Å². The van der Waals surface area contributed by atoms with Gasteiger partial charge in [0, 0.05) is 30.2 Å². The second-order valence-corrected chi connectivity index (χ2v) is 7.07. The molecular weight excluding hydrogens is 342 g/mol. The van der Waals surface area contributed by atoms with E-state index < -0.39 is 0 Å². The van der Waals surface area contributed by atoms with Gasteiger partial charge in [-0.05, 0) is 30.3 Å². The van der Waals surface area contributed by atoms with Gasteiger partial charge < -0.3 is 10.6 Å². The van der Waals surface area contributed by atoms with E-state index in [1.54, 1.807) is 18.0 Å². The van der Waals surface area contributed by atoms with E-state index in [1.807, 2.05) is 42.5 Å². The molecule has 0 unspecified atom stereocenters. The molecule has 0 spiro atoms. The number of pyridine rings is 1. The fourth-order valence-electron chi connectivity index (χ4n) is 1.94. The van der Waals surface area contributed by atoms with Gasteiger partial charge in [-0.2, -0.15) is 0 Å². The number of hydrogen-bond acceptors (Lipinski definition) is 7. The Kier molecular flexibility index (Phi) is 5.39. The lowest BCUT2D eigenvalue weighted by Gasteiger charge is -2.05. The van der Waals surface area contributed by atoms with E-state index in [2.05, 4.69) is 25.8 Å². The molecule has 2 heterocycles. The largest absolute Gasteiger partial charge is 0.330 e. The predicted molar refractivity (Wildman–Crippen MR) is 97.7 cm³/mol. The standard InChI is InChI=1S/C16H15N5OS2/c1-11(22)18-12-6-4-7-13(9-12)19-15-20-21-16(24-15)23-10-14-5-2-3-8-17-14/h2-9H,10H2,1H3,(H,18,22)(H,19,20). The molecule has 6 nitrogen and oxygen atoms in total. The molecule has 0 radical (unpaired) electrons. The highest BCUT2D eigenvalue weighted by atomic mass is 32.2. The van der Waals surface area contributed by atoms with Crippen LogP contribution >= 0.6 is 23.1 Å². The molecule has 2 aromatic heterocycles. The van der Waals surface area contributed by atoms with Gasteiger partial charge in [0.25, 0.3) is 0 Å². The van der Waals surface area contributed by atoms with E-state index in [4.69, 9.17) is 0 Å². The van der Waals surface area contributed by atoms with Crippen LogP contribution in [0.3, 0.4) is 0 Å². The molecule has 0 fully saturated rings. The van der Waals surface area contributed by atoms with Crippen molar-refractivity contribution in [1.82, 2.24) is 15.2 Å². The Bertz CT molecular complexity index is 822. The second-order valence-electron chi connectivity index (χ2n) is 4.87. The van der Waals surface area contributed by atoms with Crippen molar-refractivity contribution in [2.45, 2.75) is 17.0 Å². The van der Waals surface area contributed by atoms with Crippen LogP contribution in [0.25, 0.3) is 0 Å². The molecule has 3 rings (SSSR count). The van der Waals surface area contributed by atoms with Crippen molar-refractivity contribution in [3.8, 4) is 0 Å². The summed E-state index contributed by atoms with van der Waals surface area (Å²) in [6, 6.07) is 13.3. The number of aromatic nitrogens is 3. The summed E-state index contributed by atoms with van der Waals surface area (Å²) in [5.41, 5.74) is 2.59. The lowest BCUT2D eigenvalue weighted by atomic mass is 10.3. The van der Waals surface area contributed by atoms with Crippen molar-refractivity contribution >= 4 is 45.5 Å². The Balaban J connectivity index is 1.60. The third kappa shape index (κ3) is 4.77. The van der Waals surface area contributed by atoms with E-state index in [0.717, 1.165) is 27.2 Å². The third-order valence-corrected chi connectivity index (χ3v) is 4.92. The second kappa shape index (κ2) is 7.89. The van der Waals surface area contributed by atoms with Crippen LogP contribution in [-0.4, -0.2) is 21.1 Å². The maximum Gasteiger partial charge on any atom is 0.221 e. The summed E-state index contributed by atoms with van der Waals surface area (Å²) in [6.45, 7) is 1.48. The molecule has 0 atom stereocenters. The van der Waals surface area contributed by atoms with Crippen LogP contribution in [0.1, 0.15) is 12.6 Å². The molecular formula is C16H15N5OS2. The first kappa shape index (κ1) is 16.4. The number of carbonyl (C=O) groups is 1. The van der Waals surface area contributed by atoms with E-state index in [1.165, 1.54) is 18.3 Å². The first-order chi connectivity index (χ1) is 11.7. The van der Waals surface area contributed by atoms with Gasteiger partial charge in [-0.1, -0.05) is 35.2 Å². The first-order valence-electron chi connectivity index (χ1n) is 7.20. The first-order valence-corrected chi connectivity index (χ1v) is 9.00. The van der Waals surface area contributed by atoms with Crippen LogP contribution < -0.4 is 10.6 Å². The van der Waals surface area contributed by atoms with E-state index in [0.29, 0.717) is 5.13 Å². The molecule has 0 bridgehead atoms. The number of amides is 1. The van der Waals surface area contributed by atoms with Crippen molar-refractivity contribution in [2.75, 3.05) is 10.6 Å². The minimum atomic E-state index is -0.101. The molecule has 2 N–H and O–H groups in total. The average Bonchev–Trinajstić information content (AvgIpc) is 3.01. The number of carbonyl (C=O) groups excluding carboxylic acids is 1. The molecule has 0 saturated heterocycles. The number of thioether (sulfide) groups is 1. The summed E-state index contributed by atoms with van der Waals surface area (Å²) >= 11 is 3.08. The zero-order chi connectivity index (χ0) is 16.8. The van der Waals surface area contributed by atoms with Gasteiger partial charge in [0.1, 0.15) is 0 Å². The highest BCUT2D eigenvalue weighted by Crippen LogP contribution is 2.29. The number of nitrogens with one attached hydrogen (secondary N) is 2. The molecule has 0 aliphatic heterocycles. The molecule has 8 heteroatoms. The Labute approximate surface area is 147 Å². The number of nitrogens with zero attached hydrogens (tertiary/aromatic N) is 3. The summed E-state index contributed by atoms with van der Waals surface area (Å²) in [4.78, 5) is 15.4. The summed E-state index contributed by atoms with van der Waals surface area (Å²) < 4.78 is 0.876. The van der Waals surface area contributed by atoms with Crippen molar-refractivity contribution in [1.29, 1.82) is 0 Å². The Morgan fingerprint density at radius 3 is 2.83 bits per heavy atom. The zero-order valence-corrected chi connectivity index (χ0v) is 14.5. The predicted octanol–water partition coefficient (Wildman–Crippen LogP) is 3.93. The van der Waals surface area contributed by atoms with Gasteiger partial charge >= 0.3 is 0 Å². The van der Waals surface area contributed by atoms with Crippen LogP contribution in [0.15, 0.2) is 53.0 Å².